The van der Waals surface area contributed by atoms with E-state index in [-0.39, 0.29) is 19.1 Å². The molecular formula is C30H43N3O5. The van der Waals surface area contributed by atoms with Gasteiger partial charge in [-0.1, -0.05) is 56.7 Å². The molecule has 2 aromatic carbocycles. The number of amides is 3. The number of aliphatic hydroxyl groups is 1. The van der Waals surface area contributed by atoms with Gasteiger partial charge in [-0.15, -0.1) is 0 Å². The Kier molecular flexibility index (Phi) is 10.9. The fourth-order valence-electron chi connectivity index (χ4n) is 4.37. The Morgan fingerprint density at radius 1 is 0.974 bits per heavy atom. The minimum absolute atomic E-state index is 0.0958. The summed E-state index contributed by atoms with van der Waals surface area (Å²) in [5.74, 6) is -1.13. The van der Waals surface area contributed by atoms with E-state index in [0.717, 1.165) is 16.7 Å². The number of nitrogens with zero attached hydrogens (tertiary/aromatic N) is 1. The Morgan fingerprint density at radius 2 is 1.55 bits per heavy atom. The van der Waals surface area contributed by atoms with E-state index in [4.69, 9.17) is 4.74 Å². The first-order valence-electron chi connectivity index (χ1n) is 13.1. The van der Waals surface area contributed by atoms with Crippen LogP contribution < -0.4 is 10.6 Å². The molecule has 8 nitrogen and oxygen atoms in total. The summed E-state index contributed by atoms with van der Waals surface area (Å²) < 4.78 is 5.43. The molecule has 0 fully saturated rings. The van der Waals surface area contributed by atoms with Crippen LogP contribution in [0.1, 0.15) is 69.3 Å². The third-order valence-corrected chi connectivity index (χ3v) is 6.55. The molecule has 8 heteroatoms. The number of nitrogens with one attached hydrogen (secondary N) is 2. The number of anilines is 1. The molecule has 0 aliphatic rings. The Labute approximate surface area is 226 Å². The predicted octanol–water partition coefficient (Wildman–Crippen LogP) is 5.05. The van der Waals surface area contributed by atoms with Crippen molar-refractivity contribution in [3.63, 3.8) is 0 Å². The molecule has 38 heavy (non-hydrogen) atoms. The molecule has 3 atom stereocenters. The molecule has 0 bridgehead atoms. The molecule has 0 saturated heterocycles. The normalized spacial score (nSPS) is 13.7. The topological polar surface area (TPSA) is 108 Å². The standard InChI is InChI=1S/C30H43N3O5/c1-9-19(2)25(32-29(37)38-30(6,7)8)28(36)33(17-18-34)26(24-21(4)14-12-15-22(24)5)27(35)31-23-16-11-10-13-20(23)3/h10-16,19,25-26,34H,9,17-18H2,1-8H3,(H,31,35)(H,32,37). The van der Waals surface area contributed by atoms with Crippen LogP contribution in [0.15, 0.2) is 42.5 Å². The van der Waals surface area contributed by atoms with Crippen molar-refractivity contribution in [1.29, 1.82) is 0 Å². The molecule has 0 aliphatic heterocycles. The summed E-state index contributed by atoms with van der Waals surface area (Å²) in [4.78, 5) is 42.2. The largest absolute Gasteiger partial charge is 0.444 e. The fraction of sp³-hybridized carbons (Fsp3) is 0.500. The molecule has 0 aliphatic carbocycles. The van der Waals surface area contributed by atoms with Gasteiger partial charge in [0.05, 0.1) is 6.61 Å². The third-order valence-electron chi connectivity index (χ3n) is 6.55. The summed E-state index contributed by atoms with van der Waals surface area (Å²) in [6.45, 7) is 14.2. The monoisotopic (exact) mass is 525 g/mol. The van der Waals surface area contributed by atoms with E-state index < -0.39 is 35.6 Å². The van der Waals surface area contributed by atoms with Gasteiger partial charge in [-0.2, -0.15) is 0 Å². The lowest BCUT2D eigenvalue weighted by Gasteiger charge is -2.36. The second-order valence-corrected chi connectivity index (χ2v) is 10.8. The van der Waals surface area contributed by atoms with Crippen LogP contribution in [0.25, 0.3) is 0 Å². The number of para-hydroxylation sites is 1. The van der Waals surface area contributed by atoms with Crippen molar-refractivity contribution in [2.75, 3.05) is 18.5 Å². The van der Waals surface area contributed by atoms with Crippen LogP contribution in [0.2, 0.25) is 0 Å². The van der Waals surface area contributed by atoms with E-state index in [2.05, 4.69) is 10.6 Å². The lowest BCUT2D eigenvalue weighted by Crippen LogP contribution is -2.55. The van der Waals surface area contributed by atoms with Crippen molar-refractivity contribution >= 4 is 23.6 Å². The maximum Gasteiger partial charge on any atom is 0.408 e. The highest BCUT2D eigenvalue weighted by Crippen LogP contribution is 2.31. The van der Waals surface area contributed by atoms with Gasteiger partial charge in [-0.25, -0.2) is 4.79 Å². The van der Waals surface area contributed by atoms with E-state index in [1.807, 2.05) is 71.0 Å². The Morgan fingerprint density at radius 3 is 2.08 bits per heavy atom. The molecule has 0 radical (unpaired) electrons. The number of rotatable bonds is 10. The van der Waals surface area contributed by atoms with Gasteiger partial charge in [0.2, 0.25) is 5.91 Å². The molecule has 0 heterocycles. The number of benzene rings is 2. The number of alkyl carbamates (subject to hydrolysis) is 1. The number of carbonyl (C=O) groups excluding carboxylic acids is 3. The van der Waals surface area contributed by atoms with Gasteiger partial charge in [-0.05, 0) is 75.8 Å². The Bertz CT molecular complexity index is 1100. The molecule has 0 spiro atoms. The fourth-order valence-corrected chi connectivity index (χ4v) is 4.37. The van der Waals surface area contributed by atoms with Gasteiger partial charge in [0.25, 0.3) is 5.91 Å². The van der Waals surface area contributed by atoms with Gasteiger partial charge in [-0.3, -0.25) is 9.59 Å². The van der Waals surface area contributed by atoms with Crippen molar-refractivity contribution < 1.29 is 24.2 Å². The first kappa shape index (κ1) is 30.8. The van der Waals surface area contributed by atoms with Crippen LogP contribution in [-0.2, 0) is 14.3 Å². The van der Waals surface area contributed by atoms with Gasteiger partial charge < -0.3 is 25.4 Å². The van der Waals surface area contributed by atoms with Crippen molar-refractivity contribution in [2.24, 2.45) is 5.92 Å². The number of hydrogen-bond acceptors (Lipinski definition) is 5. The summed E-state index contributed by atoms with van der Waals surface area (Å²) >= 11 is 0. The minimum Gasteiger partial charge on any atom is -0.444 e. The van der Waals surface area contributed by atoms with Crippen LogP contribution in [-0.4, -0.2) is 52.7 Å². The third kappa shape index (κ3) is 8.05. The van der Waals surface area contributed by atoms with Crippen molar-refractivity contribution in [1.82, 2.24) is 10.2 Å². The summed E-state index contributed by atoms with van der Waals surface area (Å²) in [7, 11) is 0. The van der Waals surface area contributed by atoms with Crippen LogP contribution in [0.5, 0.6) is 0 Å². The first-order valence-corrected chi connectivity index (χ1v) is 13.1. The molecule has 0 saturated carbocycles. The quantitative estimate of drug-likeness (QED) is 0.402. The Balaban J connectivity index is 2.60. The maximum absolute atomic E-state index is 14.2. The van der Waals surface area contributed by atoms with Crippen LogP contribution in [0.4, 0.5) is 10.5 Å². The van der Waals surface area contributed by atoms with E-state index in [1.54, 1.807) is 26.8 Å². The molecule has 0 aromatic heterocycles. The summed E-state index contributed by atoms with van der Waals surface area (Å²) in [5, 5.41) is 15.7. The smallest absolute Gasteiger partial charge is 0.408 e. The Hall–Kier alpha value is -3.39. The molecule has 208 valence electrons. The number of aliphatic hydroxyl groups excluding tert-OH is 1. The lowest BCUT2D eigenvalue weighted by molar-refractivity contribution is -0.142. The zero-order valence-corrected chi connectivity index (χ0v) is 23.9. The summed E-state index contributed by atoms with van der Waals surface area (Å²) in [6, 6.07) is 11.1. The zero-order chi connectivity index (χ0) is 28.6. The SMILES string of the molecule is CCC(C)C(NC(=O)OC(C)(C)C)C(=O)N(CCO)C(C(=O)Nc1ccccc1C)c1c(C)cccc1C. The molecule has 2 rings (SSSR count). The van der Waals surface area contributed by atoms with Gasteiger partial charge >= 0.3 is 6.09 Å². The lowest BCUT2D eigenvalue weighted by atomic mass is 9.92. The maximum atomic E-state index is 14.2. The van der Waals surface area contributed by atoms with Gasteiger partial charge in [0, 0.05) is 12.2 Å². The van der Waals surface area contributed by atoms with Gasteiger partial charge in [0.15, 0.2) is 0 Å². The number of hydrogen-bond donors (Lipinski definition) is 3. The summed E-state index contributed by atoms with van der Waals surface area (Å²) in [5.41, 5.74) is 3.13. The van der Waals surface area contributed by atoms with Crippen LogP contribution in [0.3, 0.4) is 0 Å². The molecular weight excluding hydrogens is 482 g/mol. The van der Waals surface area contributed by atoms with Crippen molar-refractivity contribution in [3.05, 3.63) is 64.7 Å². The van der Waals surface area contributed by atoms with Gasteiger partial charge in [0.1, 0.15) is 17.7 Å². The average molecular weight is 526 g/mol. The predicted molar refractivity (Wildman–Crippen MR) is 150 cm³/mol. The second kappa shape index (κ2) is 13.4. The highest BCUT2D eigenvalue weighted by atomic mass is 16.6. The number of ether oxygens (including phenoxy) is 1. The molecule has 2 aromatic rings. The highest BCUT2D eigenvalue weighted by molar-refractivity contribution is 5.99. The number of carbonyl (C=O) groups is 3. The van der Waals surface area contributed by atoms with Crippen molar-refractivity contribution in [2.45, 2.75) is 79.5 Å². The average Bonchev–Trinajstić information content (AvgIpc) is 2.83. The van der Waals surface area contributed by atoms with E-state index in [0.29, 0.717) is 17.7 Å². The minimum atomic E-state index is -1.04. The molecule has 3 N–H and O–H groups in total. The van der Waals surface area contributed by atoms with Crippen LogP contribution in [0, 0.1) is 26.7 Å². The second-order valence-electron chi connectivity index (χ2n) is 10.8. The van der Waals surface area contributed by atoms with Crippen molar-refractivity contribution in [3.8, 4) is 0 Å². The van der Waals surface area contributed by atoms with E-state index in [1.165, 1.54) is 4.90 Å². The summed E-state index contributed by atoms with van der Waals surface area (Å²) in [6.07, 6.45) is -0.115. The highest BCUT2D eigenvalue weighted by Gasteiger charge is 2.39. The van der Waals surface area contributed by atoms with Crippen LogP contribution >= 0.6 is 0 Å². The van der Waals surface area contributed by atoms with E-state index in [9.17, 15) is 19.5 Å². The molecule has 3 unspecified atom stereocenters. The zero-order valence-electron chi connectivity index (χ0n) is 23.9. The first-order chi connectivity index (χ1) is 17.8. The number of aryl methyl sites for hydroxylation is 3. The van der Waals surface area contributed by atoms with E-state index >= 15 is 0 Å². The molecule has 3 amide bonds.